The first-order valence-corrected chi connectivity index (χ1v) is 7.53. The lowest BCUT2D eigenvalue weighted by molar-refractivity contribution is -0.117. The van der Waals surface area contributed by atoms with E-state index in [9.17, 15) is 4.79 Å². The van der Waals surface area contributed by atoms with Gasteiger partial charge in [-0.15, -0.1) is 0 Å². The molecule has 1 aliphatic rings. The lowest BCUT2D eigenvalue weighted by Gasteiger charge is -2.15. The molecular formula is C14H16N4OS. The first-order valence-electron chi connectivity index (χ1n) is 6.76. The van der Waals surface area contributed by atoms with Gasteiger partial charge in [0.25, 0.3) is 0 Å². The molecule has 1 aromatic heterocycles. The monoisotopic (exact) mass is 288 g/mol. The Balaban J connectivity index is 1.71. The number of aryl methyl sites for hydroxylation is 1. The smallest absolute Gasteiger partial charge is 0.227 e. The van der Waals surface area contributed by atoms with Crippen LogP contribution in [0.1, 0.15) is 25.6 Å². The summed E-state index contributed by atoms with van der Waals surface area (Å²) in [6.07, 6.45) is 2.45. The lowest BCUT2D eigenvalue weighted by Crippen LogP contribution is -2.23. The fourth-order valence-electron chi connectivity index (χ4n) is 2.22. The van der Waals surface area contributed by atoms with E-state index >= 15 is 0 Å². The van der Waals surface area contributed by atoms with Crippen molar-refractivity contribution < 1.29 is 4.79 Å². The molecule has 0 aliphatic carbocycles. The Hall–Kier alpha value is -1.95. The second-order valence-electron chi connectivity index (χ2n) is 4.69. The Bertz CT molecular complexity index is 608. The van der Waals surface area contributed by atoms with Crippen LogP contribution in [0, 0.1) is 0 Å². The summed E-state index contributed by atoms with van der Waals surface area (Å²) in [6.45, 7) is 2.86. The van der Waals surface area contributed by atoms with Crippen LogP contribution in [0.4, 0.5) is 16.5 Å². The molecule has 5 nitrogen and oxygen atoms in total. The van der Waals surface area contributed by atoms with E-state index < -0.39 is 0 Å². The molecule has 1 saturated heterocycles. The molecule has 104 valence electrons. The van der Waals surface area contributed by atoms with Gasteiger partial charge in [-0.2, -0.15) is 4.37 Å². The molecule has 20 heavy (non-hydrogen) atoms. The van der Waals surface area contributed by atoms with E-state index in [0.717, 1.165) is 41.7 Å². The van der Waals surface area contributed by atoms with Gasteiger partial charge in [-0.1, -0.05) is 6.92 Å². The van der Waals surface area contributed by atoms with Gasteiger partial charge in [-0.25, -0.2) is 4.98 Å². The highest BCUT2D eigenvalue weighted by Gasteiger charge is 2.21. The topological polar surface area (TPSA) is 58.1 Å². The summed E-state index contributed by atoms with van der Waals surface area (Å²) in [5.74, 6) is 1.07. The van der Waals surface area contributed by atoms with Crippen LogP contribution in [-0.4, -0.2) is 21.8 Å². The molecule has 2 heterocycles. The van der Waals surface area contributed by atoms with Crippen LogP contribution >= 0.6 is 11.5 Å². The minimum atomic E-state index is 0.211. The molecule has 0 unspecified atom stereocenters. The van der Waals surface area contributed by atoms with Gasteiger partial charge < -0.3 is 10.2 Å². The van der Waals surface area contributed by atoms with Crippen LogP contribution in [-0.2, 0) is 11.2 Å². The molecule has 3 rings (SSSR count). The number of anilines is 3. The highest BCUT2D eigenvalue weighted by atomic mass is 32.1. The third-order valence-electron chi connectivity index (χ3n) is 3.29. The van der Waals surface area contributed by atoms with Gasteiger partial charge in [0.1, 0.15) is 5.82 Å². The van der Waals surface area contributed by atoms with Crippen molar-refractivity contribution in [3.05, 3.63) is 30.1 Å². The van der Waals surface area contributed by atoms with Crippen LogP contribution in [0.25, 0.3) is 0 Å². The quantitative estimate of drug-likeness (QED) is 0.939. The number of hydrogen-bond acceptors (Lipinski definition) is 5. The third kappa shape index (κ3) is 2.65. The molecule has 0 saturated carbocycles. The summed E-state index contributed by atoms with van der Waals surface area (Å²) < 4.78 is 4.24. The predicted octanol–water partition coefficient (Wildman–Crippen LogP) is 2.97. The molecule has 0 bridgehead atoms. The van der Waals surface area contributed by atoms with Crippen LogP contribution in [0.15, 0.2) is 24.3 Å². The largest absolute Gasteiger partial charge is 0.330 e. The Morgan fingerprint density at radius 2 is 2.15 bits per heavy atom. The normalized spacial score (nSPS) is 14.8. The maximum Gasteiger partial charge on any atom is 0.227 e. The number of benzene rings is 1. The number of aromatic nitrogens is 2. The van der Waals surface area contributed by atoms with E-state index in [1.165, 1.54) is 11.5 Å². The van der Waals surface area contributed by atoms with E-state index in [2.05, 4.69) is 14.7 Å². The summed E-state index contributed by atoms with van der Waals surface area (Å²) in [5, 5.41) is 4.03. The van der Waals surface area contributed by atoms with Crippen molar-refractivity contribution in [1.82, 2.24) is 9.36 Å². The summed E-state index contributed by atoms with van der Waals surface area (Å²) in [4.78, 5) is 17.9. The maximum atomic E-state index is 11.7. The van der Waals surface area contributed by atoms with E-state index in [4.69, 9.17) is 0 Å². The molecule has 1 amide bonds. The van der Waals surface area contributed by atoms with E-state index in [1.807, 2.05) is 36.1 Å². The fourth-order valence-corrected chi connectivity index (χ4v) is 2.89. The summed E-state index contributed by atoms with van der Waals surface area (Å²) >= 11 is 1.36. The van der Waals surface area contributed by atoms with Gasteiger partial charge in [-0.3, -0.25) is 4.79 Å². The summed E-state index contributed by atoms with van der Waals surface area (Å²) in [5.41, 5.74) is 1.92. The van der Waals surface area contributed by atoms with E-state index in [1.54, 1.807) is 0 Å². The summed E-state index contributed by atoms with van der Waals surface area (Å²) in [6, 6.07) is 7.86. The van der Waals surface area contributed by atoms with Crippen LogP contribution in [0.3, 0.4) is 0 Å². The van der Waals surface area contributed by atoms with Gasteiger partial charge in [0.05, 0.1) is 0 Å². The minimum Gasteiger partial charge on any atom is -0.330 e. The number of hydrogen-bond donors (Lipinski definition) is 1. The molecule has 2 aromatic rings. The molecule has 1 fully saturated rings. The number of rotatable bonds is 4. The van der Waals surface area contributed by atoms with E-state index in [-0.39, 0.29) is 5.91 Å². The summed E-state index contributed by atoms with van der Waals surface area (Å²) in [7, 11) is 0. The Kier molecular flexibility index (Phi) is 3.64. The fraction of sp³-hybridized carbons (Fsp3) is 0.357. The van der Waals surface area contributed by atoms with Gasteiger partial charge in [0.15, 0.2) is 0 Å². The minimum absolute atomic E-state index is 0.211. The molecule has 0 atom stereocenters. The number of nitrogens with one attached hydrogen (secondary N) is 1. The van der Waals surface area contributed by atoms with Gasteiger partial charge >= 0.3 is 0 Å². The zero-order valence-corrected chi connectivity index (χ0v) is 12.1. The lowest BCUT2D eigenvalue weighted by atomic mass is 10.2. The van der Waals surface area contributed by atoms with Crippen molar-refractivity contribution >= 4 is 33.9 Å². The van der Waals surface area contributed by atoms with Crippen LogP contribution in [0.5, 0.6) is 0 Å². The molecule has 6 heteroatoms. The van der Waals surface area contributed by atoms with Crippen molar-refractivity contribution in [1.29, 1.82) is 0 Å². The van der Waals surface area contributed by atoms with Crippen molar-refractivity contribution in [3.63, 3.8) is 0 Å². The highest BCUT2D eigenvalue weighted by Crippen LogP contribution is 2.25. The standard InChI is InChI=1S/C14H16N4OS/c1-2-12-16-14(20-17-12)15-10-5-7-11(8-6-10)18-9-3-4-13(18)19/h5-8H,2-4,9H2,1H3,(H,15,16,17). The zero-order valence-electron chi connectivity index (χ0n) is 11.3. The van der Waals surface area contributed by atoms with E-state index in [0.29, 0.717) is 6.42 Å². The Labute approximate surface area is 121 Å². The van der Waals surface area contributed by atoms with Gasteiger partial charge in [0.2, 0.25) is 11.0 Å². The van der Waals surface area contributed by atoms with Gasteiger partial charge in [-0.05, 0) is 30.7 Å². The average molecular weight is 288 g/mol. The van der Waals surface area contributed by atoms with Crippen LogP contribution in [0.2, 0.25) is 0 Å². The number of carbonyl (C=O) groups excluding carboxylic acids is 1. The molecule has 1 aliphatic heterocycles. The number of carbonyl (C=O) groups is 1. The first kappa shape index (κ1) is 13.1. The molecule has 1 N–H and O–H groups in total. The molecular weight excluding hydrogens is 272 g/mol. The SMILES string of the molecule is CCc1nsc(Nc2ccc(N3CCCC3=O)cc2)n1. The average Bonchev–Trinajstić information content (AvgIpc) is 3.09. The number of nitrogens with zero attached hydrogens (tertiary/aromatic N) is 3. The zero-order chi connectivity index (χ0) is 13.9. The number of amides is 1. The van der Waals surface area contributed by atoms with Gasteiger partial charge in [0, 0.05) is 42.3 Å². The van der Waals surface area contributed by atoms with Crippen LogP contribution < -0.4 is 10.2 Å². The Morgan fingerprint density at radius 3 is 2.75 bits per heavy atom. The molecule has 0 radical (unpaired) electrons. The Morgan fingerprint density at radius 1 is 1.35 bits per heavy atom. The maximum absolute atomic E-state index is 11.7. The highest BCUT2D eigenvalue weighted by molar-refractivity contribution is 7.09. The second kappa shape index (κ2) is 5.58. The second-order valence-corrected chi connectivity index (χ2v) is 5.44. The van der Waals surface area contributed by atoms with Crippen molar-refractivity contribution in [3.8, 4) is 0 Å². The third-order valence-corrected chi connectivity index (χ3v) is 3.96. The van der Waals surface area contributed by atoms with Crippen molar-refractivity contribution in [2.24, 2.45) is 0 Å². The molecule has 0 spiro atoms. The van der Waals surface area contributed by atoms with Crippen molar-refractivity contribution in [2.45, 2.75) is 26.2 Å². The predicted molar refractivity (Wildman–Crippen MR) is 80.6 cm³/mol. The molecule has 1 aromatic carbocycles. The first-order chi connectivity index (χ1) is 9.76. The van der Waals surface area contributed by atoms with Crippen molar-refractivity contribution in [2.75, 3.05) is 16.8 Å².